The van der Waals surface area contributed by atoms with Crippen LogP contribution >= 0.6 is 0 Å². The van der Waals surface area contributed by atoms with Crippen molar-refractivity contribution < 1.29 is 19.1 Å². The Hall–Kier alpha value is -2.65. The van der Waals surface area contributed by atoms with Crippen molar-refractivity contribution in [3.05, 3.63) is 35.4 Å². The molecule has 6 N–H and O–H groups in total. The minimum Gasteiger partial charge on any atom is -0.379 e. The van der Waals surface area contributed by atoms with Crippen LogP contribution in [-0.4, -0.2) is 55.1 Å². The monoisotopic (exact) mass is 349 g/mol. The fourth-order valence-electron chi connectivity index (χ4n) is 2.52. The van der Waals surface area contributed by atoms with E-state index in [0.717, 1.165) is 30.8 Å². The number of nitrogens with one attached hydrogen (secondary N) is 2. The molecule has 0 spiro atoms. The molecule has 1 aliphatic rings. The van der Waals surface area contributed by atoms with Crippen molar-refractivity contribution >= 4 is 17.8 Å². The van der Waals surface area contributed by atoms with Crippen molar-refractivity contribution in [3.8, 4) is 0 Å². The topological polar surface area (TPSA) is 140 Å². The van der Waals surface area contributed by atoms with Crippen LogP contribution in [0.25, 0.3) is 0 Å². The molecule has 1 heterocycles. The minimum atomic E-state index is -1.54. The number of morpholine rings is 1. The first-order valence-corrected chi connectivity index (χ1v) is 7.97. The molecule has 1 saturated heterocycles. The molecular formula is C16H23N5O4. The molecule has 4 amide bonds. The lowest BCUT2D eigenvalue weighted by molar-refractivity contribution is -0.128. The molecule has 2 rings (SSSR count). The van der Waals surface area contributed by atoms with Crippen LogP contribution in [0.5, 0.6) is 0 Å². The van der Waals surface area contributed by atoms with E-state index in [4.69, 9.17) is 16.2 Å². The second kappa shape index (κ2) is 9.00. The van der Waals surface area contributed by atoms with E-state index in [1.54, 1.807) is 0 Å². The summed E-state index contributed by atoms with van der Waals surface area (Å²) in [5.41, 5.74) is 12.1. The molecule has 136 valence electrons. The number of ether oxygens (including phenoxy) is 1. The third kappa shape index (κ3) is 5.73. The van der Waals surface area contributed by atoms with Gasteiger partial charge in [0, 0.05) is 26.2 Å². The van der Waals surface area contributed by atoms with E-state index in [1.807, 2.05) is 24.3 Å². The number of hydrogen-bond acceptors (Lipinski definition) is 5. The molecular weight excluding hydrogens is 326 g/mol. The Morgan fingerprint density at radius 2 is 1.68 bits per heavy atom. The van der Waals surface area contributed by atoms with Crippen LogP contribution in [0.4, 0.5) is 4.79 Å². The summed E-state index contributed by atoms with van der Waals surface area (Å²) in [7, 11) is 0. The van der Waals surface area contributed by atoms with Crippen molar-refractivity contribution in [2.75, 3.05) is 26.3 Å². The largest absolute Gasteiger partial charge is 0.379 e. The lowest BCUT2D eigenvalue weighted by atomic mass is 10.1. The smallest absolute Gasteiger partial charge is 0.316 e. The predicted molar refractivity (Wildman–Crippen MR) is 90.1 cm³/mol. The van der Waals surface area contributed by atoms with Crippen molar-refractivity contribution in [1.29, 1.82) is 0 Å². The molecule has 0 aromatic heterocycles. The van der Waals surface area contributed by atoms with E-state index in [2.05, 4.69) is 15.5 Å². The van der Waals surface area contributed by atoms with Gasteiger partial charge >= 0.3 is 6.03 Å². The van der Waals surface area contributed by atoms with Gasteiger partial charge < -0.3 is 26.8 Å². The summed E-state index contributed by atoms with van der Waals surface area (Å²) in [6.07, 6.45) is 0. The third-order valence-corrected chi connectivity index (χ3v) is 3.90. The molecule has 0 radical (unpaired) electrons. The van der Waals surface area contributed by atoms with Crippen LogP contribution in [0.15, 0.2) is 24.3 Å². The van der Waals surface area contributed by atoms with Crippen LogP contribution < -0.4 is 22.1 Å². The van der Waals surface area contributed by atoms with Gasteiger partial charge in [0.15, 0.2) is 6.04 Å². The number of amides is 4. The van der Waals surface area contributed by atoms with Crippen LogP contribution in [0.1, 0.15) is 11.1 Å². The fourth-order valence-corrected chi connectivity index (χ4v) is 2.52. The molecule has 9 nitrogen and oxygen atoms in total. The van der Waals surface area contributed by atoms with Crippen LogP contribution in [0.3, 0.4) is 0 Å². The van der Waals surface area contributed by atoms with E-state index in [1.165, 1.54) is 0 Å². The quantitative estimate of drug-likeness (QED) is 0.451. The number of hydrogen-bond donors (Lipinski definition) is 4. The summed E-state index contributed by atoms with van der Waals surface area (Å²) in [5.74, 6) is -2.01. The van der Waals surface area contributed by atoms with E-state index in [-0.39, 0.29) is 6.54 Å². The Morgan fingerprint density at radius 3 is 2.28 bits per heavy atom. The van der Waals surface area contributed by atoms with Gasteiger partial charge in [-0.25, -0.2) is 4.79 Å². The summed E-state index contributed by atoms with van der Waals surface area (Å²) in [6.45, 7) is 4.15. The van der Waals surface area contributed by atoms with E-state index in [9.17, 15) is 14.4 Å². The maximum Gasteiger partial charge on any atom is 0.316 e. The normalized spacial score (nSPS) is 14.9. The first-order valence-electron chi connectivity index (χ1n) is 7.97. The number of carbonyl (C=O) groups excluding carboxylic acids is 3. The predicted octanol–water partition coefficient (Wildman–Crippen LogP) is -1.34. The molecule has 1 aromatic rings. The van der Waals surface area contributed by atoms with Gasteiger partial charge in [-0.1, -0.05) is 24.3 Å². The molecule has 25 heavy (non-hydrogen) atoms. The van der Waals surface area contributed by atoms with Crippen molar-refractivity contribution in [1.82, 2.24) is 15.5 Å². The zero-order chi connectivity index (χ0) is 18.2. The summed E-state index contributed by atoms with van der Waals surface area (Å²) in [4.78, 5) is 36.3. The molecule has 9 heteroatoms. The van der Waals surface area contributed by atoms with Gasteiger partial charge in [-0.05, 0) is 11.1 Å². The van der Waals surface area contributed by atoms with Crippen molar-refractivity contribution in [2.24, 2.45) is 11.5 Å². The number of benzene rings is 1. The van der Waals surface area contributed by atoms with E-state index >= 15 is 0 Å². The Kier molecular flexibility index (Phi) is 6.72. The molecule has 1 aromatic carbocycles. The molecule has 0 bridgehead atoms. The summed E-state index contributed by atoms with van der Waals surface area (Å²) >= 11 is 0. The second-order valence-electron chi connectivity index (χ2n) is 5.72. The minimum absolute atomic E-state index is 0.247. The summed E-state index contributed by atoms with van der Waals surface area (Å²) < 4.78 is 5.34. The van der Waals surface area contributed by atoms with E-state index in [0.29, 0.717) is 13.2 Å². The first kappa shape index (κ1) is 18.7. The van der Waals surface area contributed by atoms with Gasteiger partial charge in [-0.3, -0.25) is 14.5 Å². The Balaban J connectivity index is 1.92. The highest BCUT2D eigenvalue weighted by Gasteiger charge is 2.23. The van der Waals surface area contributed by atoms with Crippen LogP contribution in [0, 0.1) is 0 Å². The fraction of sp³-hybridized carbons (Fsp3) is 0.438. The van der Waals surface area contributed by atoms with Gasteiger partial charge in [0.05, 0.1) is 13.2 Å². The van der Waals surface area contributed by atoms with Crippen LogP contribution in [-0.2, 0) is 27.4 Å². The zero-order valence-corrected chi connectivity index (χ0v) is 13.9. The number of nitrogens with zero attached hydrogens (tertiary/aromatic N) is 1. The highest BCUT2D eigenvalue weighted by atomic mass is 16.5. The molecule has 1 aliphatic heterocycles. The van der Waals surface area contributed by atoms with Gasteiger partial charge in [0.1, 0.15) is 0 Å². The molecule has 0 atom stereocenters. The maximum atomic E-state index is 11.9. The molecule has 1 fully saturated rings. The van der Waals surface area contributed by atoms with Gasteiger partial charge in [-0.2, -0.15) is 0 Å². The Morgan fingerprint density at radius 1 is 1.08 bits per heavy atom. The van der Waals surface area contributed by atoms with Gasteiger partial charge in [-0.15, -0.1) is 0 Å². The van der Waals surface area contributed by atoms with Crippen molar-refractivity contribution in [3.63, 3.8) is 0 Å². The highest BCUT2D eigenvalue weighted by molar-refractivity contribution is 6.05. The maximum absolute atomic E-state index is 11.9. The SMILES string of the molecule is NC(=O)C(NC(=O)NCc1ccccc1CN1CCOCC1)C(N)=O. The molecule has 0 unspecified atom stereocenters. The lowest BCUT2D eigenvalue weighted by Gasteiger charge is -2.27. The van der Waals surface area contributed by atoms with E-state index < -0.39 is 23.9 Å². The third-order valence-electron chi connectivity index (χ3n) is 3.90. The number of urea groups is 1. The first-order chi connectivity index (χ1) is 12.0. The molecule has 0 aliphatic carbocycles. The molecule has 0 saturated carbocycles. The number of carbonyl (C=O) groups is 3. The van der Waals surface area contributed by atoms with Crippen LogP contribution in [0.2, 0.25) is 0 Å². The average molecular weight is 349 g/mol. The Bertz CT molecular complexity index is 617. The summed E-state index contributed by atoms with van der Waals surface area (Å²) in [6, 6.07) is 5.51. The van der Waals surface area contributed by atoms with Gasteiger partial charge in [0.25, 0.3) is 0 Å². The Labute approximate surface area is 145 Å². The second-order valence-corrected chi connectivity index (χ2v) is 5.72. The van der Waals surface area contributed by atoms with Gasteiger partial charge in [0.2, 0.25) is 11.8 Å². The highest BCUT2D eigenvalue weighted by Crippen LogP contribution is 2.12. The standard InChI is InChI=1S/C16H23N5O4/c17-14(22)13(15(18)23)20-16(24)19-9-11-3-1-2-4-12(11)10-21-5-7-25-8-6-21/h1-4,13H,5-10H2,(H2,17,22)(H2,18,23)(H2,19,20,24). The average Bonchev–Trinajstić information content (AvgIpc) is 2.59. The number of rotatable bonds is 7. The number of nitrogens with two attached hydrogens (primary N) is 2. The summed E-state index contributed by atoms with van der Waals surface area (Å²) in [5, 5.41) is 4.77. The number of primary amides is 2. The lowest BCUT2D eigenvalue weighted by Crippen LogP contribution is -2.54. The zero-order valence-electron chi connectivity index (χ0n) is 13.9. The van der Waals surface area contributed by atoms with Crippen molar-refractivity contribution in [2.45, 2.75) is 19.1 Å².